The molecule has 0 fully saturated rings. The molecule has 1 nitrogen and oxygen atoms in total. The van der Waals surface area contributed by atoms with Gasteiger partial charge in [0, 0.05) is 18.4 Å². The molecule has 78 valence electrons. The van der Waals surface area contributed by atoms with Gasteiger partial charge in [0.05, 0.1) is 0 Å². The Hall–Kier alpha value is -1.50. The van der Waals surface area contributed by atoms with Crippen molar-refractivity contribution in [3.8, 4) is 0 Å². The first-order valence-electron chi connectivity index (χ1n) is 5.44. The van der Waals surface area contributed by atoms with Gasteiger partial charge in [-0.05, 0) is 38.0 Å². The fourth-order valence-electron chi connectivity index (χ4n) is 1.77. The lowest BCUT2D eigenvalue weighted by Crippen LogP contribution is -2.15. The maximum atomic E-state index is 2.29. The molecule has 1 aromatic carbocycles. The number of nitrogens with zero attached hydrogens (tertiary/aromatic N) is 1. The highest BCUT2D eigenvalue weighted by molar-refractivity contribution is 5.54. The van der Waals surface area contributed by atoms with Crippen LogP contribution >= 0.6 is 0 Å². The van der Waals surface area contributed by atoms with Gasteiger partial charge in [-0.2, -0.15) is 0 Å². The van der Waals surface area contributed by atoms with Crippen LogP contribution in [0.5, 0.6) is 0 Å². The Morgan fingerprint density at radius 3 is 2.40 bits per heavy atom. The summed E-state index contributed by atoms with van der Waals surface area (Å²) in [6, 6.07) is 8.63. The molecule has 0 unspecified atom stereocenters. The Labute approximate surface area is 91.7 Å². The van der Waals surface area contributed by atoms with Gasteiger partial charge in [-0.15, -0.1) is 0 Å². The number of rotatable bonds is 2. The van der Waals surface area contributed by atoms with E-state index in [0.717, 1.165) is 6.42 Å². The van der Waals surface area contributed by atoms with Crippen LogP contribution in [-0.4, -0.2) is 7.05 Å². The van der Waals surface area contributed by atoms with Crippen LogP contribution < -0.4 is 4.90 Å². The van der Waals surface area contributed by atoms with E-state index in [-0.39, 0.29) is 0 Å². The van der Waals surface area contributed by atoms with Crippen LogP contribution in [0.25, 0.3) is 0 Å². The third kappa shape index (κ3) is 2.30. The number of hydrogen-bond donors (Lipinski definition) is 0. The van der Waals surface area contributed by atoms with Gasteiger partial charge in [0.2, 0.25) is 0 Å². The SMILES string of the molecule is Cc1ccc(N(C)C2=CCCC=C2)cc1. The zero-order valence-corrected chi connectivity index (χ0v) is 9.40. The first-order valence-corrected chi connectivity index (χ1v) is 5.44. The number of hydrogen-bond acceptors (Lipinski definition) is 1. The molecule has 0 spiro atoms. The topological polar surface area (TPSA) is 3.24 Å². The smallest absolute Gasteiger partial charge is 0.0408 e. The van der Waals surface area contributed by atoms with Gasteiger partial charge in [0.25, 0.3) is 0 Å². The largest absolute Gasteiger partial charge is 0.345 e. The van der Waals surface area contributed by atoms with Crippen molar-refractivity contribution in [2.24, 2.45) is 0 Å². The lowest BCUT2D eigenvalue weighted by molar-refractivity contribution is 0.983. The Bertz CT molecular complexity index is 384. The molecule has 1 aliphatic rings. The van der Waals surface area contributed by atoms with E-state index in [1.54, 1.807) is 0 Å². The fraction of sp³-hybridized carbons (Fsp3) is 0.286. The summed E-state index contributed by atoms with van der Waals surface area (Å²) >= 11 is 0. The van der Waals surface area contributed by atoms with Gasteiger partial charge < -0.3 is 4.90 Å². The average Bonchev–Trinajstić information content (AvgIpc) is 2.30. The molecular weight excluding hydrogens is 182 g/mol. The molecule has 0 saturated heterocycles. The van der Waals surface area contributed by atoms with Crippen LogP contribution in [0.3, 0.4) is 0 Å². The van der Waals surface area contributed by atoms with Gasteiger partial charge in [0.1, 0.15) is 0 Å². The van der Waals surface area contributed by atoms with E-state index in [1.165, 1.54) is 23.4 Å². The zero-order chi connectivity index (χ0) is 10.7. The average molecular weight is 199 g/mol. The van der Waals surface area contributed by atoms with Crippen LogP contribution in [0, 0.1) is 6.92 Å². The summed E-state index contributed by atoms with van der Waals surface area (Å²) in [6.07, 6.45) is 9.05. The van der Waals surface area contributed by atoms with Gasteiger partial charge in [0.15, 0.2) is 0 Å². The molecule has 0 N–H and O–H groups in total. The van der Waals surface area contributed by atoms with E-state index in [9.17, 15) is 0 Å². The summed E-state index contributed by atoms with van der Waals surface area (Å²) in [5, 5.41) is 0. The fourth-order valence-corrected chi connectivity index (χ4v) is 1.77. The van der Waals surface area contributed by atoms with Gasteiger partial charge in [-0.25, -0.2) is 0 Å². The summed E-state index contributed by atoms with van der Waals surface area (Å²) in [5.74, 6) is 0. The summed E-state index contributed by atoms with van der Waals surface area (Å²) in [5.41, 5.74) is 3.85. The van der Waals surface area contributed by atoms with E-state index in [1.807, 2.05) is 0 Å². The van der Waals surface area contributed by atoms with Crippen LogP contribution in [0.1, 0.15) is 18.4 Å². The van der Waals surface area contributed by atoms with Gasteiger partial charge in [-0.1, -0.05) is 29.8 Å². The molecule has 0 heterocycles. The highest BCUT2D eigenvalue weighted by Gasteiger charge is 2.05. The second-order valence-electron chi connectivity index (χ2n) is 4.00. The number of likely N-dealkylation sites (N-methyl/N-ethyl adjacent to an activating group) is 1. The number of allylic oxidation sites excluding steroid dienone is 3. The predicted octanol–water partition coefficient (Wildman–Crippen LogP) is 3.67. The lowest BCUT2D eigenvalue weighted by Gasteiger charge is -2.22. The third-order valence-electron chi connectivity index (χ3n) is 2.78. The summed E-state index contributed by atoms with van der Waals surface area (Å²) in [7, 11) is 2.12. The normalized spacial score (nSPS) is 14.9. The Morgan fingerprint density at radius 1 is 1.07 bits per heavy atom. The molecule has 0 aliphatic heterocycles. The quantitative estimate of drug-likeness (QED) is 0.702. The van der Waals surface area contributed by atoms with E-state index in [4.69, 9.17) is 0 Å². The Morgan fingerprint density at radius 2 is 1.80 bits per heavy atom. The summed E-state index contributed by atoms with van der Waals surface area (Å²) in [6.45, 7) is 2.11. The van der Waals surface area contributed by atoms with Crippen LogP contribution in [-0.2, 0) is 0 Å². The molecule has 2 rings (SSSR count). The van der Waals surface area contributed by atoms with Crippen molar-refractivity contribution < 1.29 is 0 Å². The molecule has 0 saturated carbocycles. The second-order valence-corrected chi connectivity index (χ2v) is 4.00. The molecule has 0 atom stereocenters. The molecule has 0 radical (unpaired) electrons. The second kappa shape index (κ2) is 4.35. The Balaban J connectivity index is 2.20. The predicted molar refractivity (Wildman–Crippen MR) is 66.0 cm³/mol. The minimum Gasteiger partial charge on any atom is -0.345 e. The molecular formula is C14H17N. The minimum atomic E-state index is 1.15. The first kappa shape index (κ1) is 10.0. The number of anilines is 1. The molecule has 0 bridgehead atoms. The molecule has 0 amide bonds. The molecule has 15 heavy (non-hydrogen) atoms. The van der Waals surface area contributed by atoms with E-state index in [0.29, 0.717) is 0 Å². The van der Waals surface area contributed by atoms with E-state index < -0.39 is 0 Å². The standard InChI is InChI=1S/C14H17N/c1-12-8-10-14(11-9-12)15(2)13-6-4-3-5-7-13/h4,6-11H,3,5H2,1-2H3. The van der Waals surface area contributed by atoms with Crippen molar-refractivity contribution in [3.05, 3.63) is 53.8 Å². The number of aryl methyl sites for hydroxylation is 1. The van der Waals surface area contributed by atoms with Gasteiger partial charge >= 0.3 is 0 Å². The minimum absolute atomic E-state index is 1.15. The van der Waals surface area contributed by atoms with Crippen molar-refractivity contribution in [1.82, 2.24) is 0 Å². The van der Waals surface area contributed by atoms with Gasteiger partial charge in [-0.3, -0.25) is 0 Å². The van der Waals surface area contributed by atoms with E-state index >= 15 is 0 Å². The van der Waals surface area contributed by atoms with Crippen LogP contribution in [0.15, 0.2) is 48.2 Å². The molecule has 1 aliphatic carbocycles. The van der Waals surface area contributed by atoms with Crippen molar-refractivity contribution >= 4 is 5.69 Å². The zero-order valence-electron chi connectivity index (χ0n) is 9.40. The van der Waals surface area contributed by atoms with Crippen molar-refractivity contribution in [2.75, 3.05) is 11.9 Å². The summed E-state index contributed by atoms with van der Waals surface area (Å²) in [4.78, 5) is 2.23. The van der Waals surface area contributed by atoms with Crippen molar-refractivity contribution in [2.45, 2.75) is 19.8 Å². The maximum Gasteiger partial charge on any atom is 0.0408 e. The monoisotopic (exact) mass is 199 g/mol. The lowest BCUT2D eigenvalue weighted by atomic mass is 10.1. The van der Waals surface area contributed by atoms with Crippen molar-refractivity contribution in [3.63, 3.8) is 0 Å². The van der Waals surface area contributed by atoms with E-state index in [2.05, 4.69) is 61.4 Å². The highest BCUT2D eigenvalue weighted by atomic mass is 15.1. The number of benzene rings is 1. The Kier molecular flexibility index (Phi) is 2.91. The van der Waals surface area contributed by atoms with Crippen LogP contribution in [0.4, 0.5) is 5.69 Å². The third-order valence-corrected chi connectivity index (χ3v) is 2.78. The highest BCUT2D eigenvalue weighted by Crippen LogP contribution is 2.21. The molecule has 0 aromatic heterocycles. The first-order chi connectivity index (χ1) is 7.27. The maximum absolute atomic E-state index is 2.29. The van der Waals surface area contributed by atoms with Crippen LogP contribution in [0.2, 0.25) is 0 Å². The molecule has 1 aromatic rings. The molecule has 1 heteroatoms. The van der Waals surface area contributed by atoms with Crippen molar-refractivity contribution in [1.29, 1.82) is 0 Å². The summed E-state index contributed by atoms with van der Waals surface area (Å²) < 4.78 is 0.